The van der Waals surface area contributed by atoms with Crippen LogP contribution in [0.15, 0.2) is 54.9 Å². The van der Waals surface area contributed by atoms with Gasteiger partial charge in [-0.2, -0.15) is 0 Å². The molecule has 112 valence electrons. The van der Waals surface area contributed by atoms with Crippen molar-refractivity contribution in [1.29, 1.82) is 0 Å². The highest BCUT2D eigenvalue weighted by molar-refractivity contribution is 6.03. The number of anilines is 1. The highest BCUT2D eigenvalue weighted by Gasteiger charge is 2.41. The lowest BCUT2D eigenvalue weighted by Crippen LogP contribution is -2.40. The molecule has 0 bridgehead atoms. The molecule has 1 fully saturated rings. The Bertz CT molecular complexity index is 660. The van der Waals surface area contributed by atoms with Crippen molar-refractivity contribution in [2.24, 2.45) is 5.92 Å². The number of aromatic nitrogens is 1. The predicted molar refractivity (Wildman–Crippen MR) is 81.7 cm³/mol. The molecular weight excluding hydrogens is 280 g/mol. The first-order chi connectivity index (χ1) is 10.8. The Kier molecular flexibility index (Phi) is 4.00. The van der Waals surface area contributed by atoms with Crippen molar-refractivity contribution in [2.45, 2.75) is 5.92 Å². The number of nitrogens with zero attached hydrogens (tertiary/aromatic N) is 1. The molecule has 0 aliphatic carbocycles. The van der Waals surface area contributed by atoms with E-state index in [-0.39, 0.29) is 17.7 Å². The molecule has 1 aliphatic rings. The minimum Gasteiger partial charge on any atom is -0.355 e. The standard InChI is InChI=1S/C16H16N4O2/c21-15-14(13(10-18-15)11-5-4-8-17-9-11)16(22)20-19-12-6-2-1-3-7-12/h1-9,13-14,19H,10H2,(H,18,21)(H,20,22). The highest BCUT2D eigenvalue weighted by Crippen LogP contribution is 2.28. The fraction of sp³-hybridized carbons (Fsp3) is 0.188. The summed E-state index contributed by atoms with van der Waals surface area (Å²) in [5, 5.41) is 2.74. The summed E-state index contributed by atoms with van der Waals surface area (Å²) in [6.45, 7) is 0.438. The smallest absolute Gasteiger partial charge is 0.251 e. The maximum Gasteiger partial charge on any atom is 0.251 e. The molecule has 22 heavy (non-hydrogen) atoms. The molecular formula is C16H16N4O2. The summed E-state index contributed by atoms with van der Waals surface area (Å²) in [6, 6.07) is 12.9. The normalized spacial score (nSPS) is 20.3. The van der Waals surface area contributed by atoms with E-state index < -0.39 is 5.92 Å². The Labute approximate surface area is 127 Å². The van der Waals surface area contributed by atoms with Crippen molar-refractivity contribution in [3.63, 3.8) is 0 Å². The number of hydrogen-bond donors (Lipinski definition) is 3. The molecule has 2 aromatic rings. The summed E-state index contributed by atoms with van der Waals surface area (Å²) in [5.74, 6) is -1.59. The Morgan fingerprint density at radius 3 is 2.73 bits per heavy atom. The van der Waals surface area contributed by atoms with Gasteiger partial charge in [-0.1, -0.05) is 24.3 Å². The number of rotatable bonds is 4. The van der Waals surface area contributed by atoms with Gasteiger partial charge in [-0.25, -0.2) is 0 Å². The van der Waals surface area contributed by atoms with Crippen molar-refractivity contribution in [1.82, 2.24) is 15.7 Å². The van der Waals surface area contributed by atoms with Gasteiger partial charge < -0.3 is 5.32 Å². The summed E-state index contributed by atoms with van der Waals surface area (Å²) < 4.78 is 0. The Morgan fingerprint density at radius 1 is 1.18 bits per heavy atom. The van der Waals surface area contributed by atoms with Gasteiger partial charge in [-0.15, -0.1) is 0 Å². The molecule has 0 spiro atoms. The number of para-hydroxylation sites is 1. The number of benzene rings is 1. The lowest BCUT2D eigenvalue weighted by atomic mass is 9.89. The molecule has 0 radical (unpaired) electrons. The molecule has 3 N–H and O–H groups in total. The van der Waals surface area contributed by atoms with Gasteiger partial charge >= 0.3 is 0 Å². The van der Waals surface area contributed by atoms with Crippen LogP contribution in [0.4, 0.5) is 5.69 Å². The molecule has 2 amide bonds. The van der Waals surface area contributed by atoms with Gasteiger partial charge in [0.15, 0.2) is 0 Å². The molecule has 1 aromatic heterocycles. The number of nitrogens with one attached hydrogen (secondary N) is 3. The Hall–Kier alpha value is -2.89. The van der Waals surface area contributed by atoms with Gasteiger partial charge in [0.05, 0.1) is 5.69 Å². The van der Waals surface area contributed by atoms with Crippen LogP contribution in [-0.2, 0) is 9.59 Å². The molecule has 6 heteroatoms. The summed E-state index contributed by atoms with van der Waals surface area (Å²) in [6.07, 6.45) is 3.36. The minimum atomic E-state index is -0.764. The first-order valence-electron chi connectivity index (χ1n) is 7.04. The van der Waals surface area contributed by atoms with Crippen LogP contribution in [0.25, 0.3) is 0 Å². The zero-order valence-electron chi connectivity index (χ0n) is 11.8. The Morgan fingerprint density at radius 2 is 2.00 bits per heavy atom. The molecule has 6 nitrogen and oxygen atoms in total. The van der Waals surface area contributed by atoms with E-state index in [0.29, 0.717) is 6.54 Å². The average Bonchev–Trinajstić information content (AvgIpc) is 2.96. The lowest BCUT2D eigenvalue weighted by molar-refractivity contribution is -0.133. The third kappa shape index (κ3) is 2.90. The molecule has 1 saturated heterocycles. The Balaban J connectivity index is 1.71. The molecule has 3 rings (SSSR count). The van der Waals surface area contributed by atoms with E-state index in [4.69, 9.17) is 0 Å². The summed E-state index contributed by atoms with van der Waals surface area (Å²) in [4.78, 5) is 28.4. The van der Waals surface area contributed by atoms with E-state index in [1.54, 1.807) is 18.5 Å². The van der Waals surface area contributed by atoms with Gasteiger partial charge in [0, 0.05) is 24.9 Å². The molecule has 1 aliphatic heterocycles. The van der Waals surface area contributed by atoms with Crippen LogP contribution in [0.1, 0.15) is 11.5 Å². The topological polar surface area (TPSA) is 83.1 Å². The number of amides is 2. The third-order valence-corrected chi connectivity index (χ3v) is 3.68. The van der Waals surface area contributed by atoms with E-state index in [1.165, 1.54) is 0 Å². The lowest BCUT2D eigenvalue weighted by Gasteiger charge is -2.17. The fourth-order valence-electron chi connectivity index (χ4n) is 2.56. The molecule has 2 heterocycles. The number of hydrogen-bond acceptors (Lipinski definition) is 4. The average molecular weight is 296 g/mol. The second-order valence-electron chi connectivity index (χ2n) is 5.10. The van der Waals surface area contributed by atoms with Gasteiger partial charge in [0.25, 0.3) is 5.91 Å². The van der Waals surface area contributed by atoms with Crippen LogP contribution < -0.4 is 16.2 Å². The fourth-order valence-corrected chi connectivity index (χ4v) is 2.56. The zero-order chi connectivity index (χ0) is 15.4. The van der Waals surface area contributed by atoms with Gasteiger partial charge in [0.2, 0.25) is 5.91 Å². The van der Waals surface area contributed by atoms with E-state index >= 15 is 0 Å². The van der Waals surface area contributed by atoms with Crippen molar-refractivity contribution in [3.05, 3.63) is 60.4 Å². The van der Waals surface area contributed by atoms with Crippen molar-refractivity contribution in [3.8, 4) is 0 Å². The van der Waals surface area contributed by atoms with Crippen LogP contribution >= 0.6 is 0 Å². The molecule has 2 atom stereocenters. The number of carbonyl (C=O) groups excluding carboxylic acids is 2. The van der Waals surface area contributed by atoms with Crippen LogP contribution in [0, 0.1) is 5.92 Å². The quantitative estimate of drug-likeness (QED) is 0.582. The summed E-state index contributed by atoms with van der Waals surface area (Å²) >= 11 is 0. The monoisotopic (exact) mass is 296 g/mol. The largest absolute Gasteiger partial charge is 0.355 e. The van der Waals surface area contributed by atoms with Crippen LogP contribution in [0.2, 0.25) is 0 Å². The second kappa shape index (κ2) is 6.26. The highest BCUT2D eigenvalue weighted by atomic mass is 16.2. The van der Waals surface area contributed by atoms with Gasteiger partial charge in [0.1, 0.15) is 5.92 Å². The van der Waals surface area contributed by atoms with E-state index in [2.05, 4.69) is 21.2 Å². The molecule has 2 unspecified atom stereocenters. The summed E-state index contributed by atoms with van der Waals surface area (Å²) in [5.41, 5.74) is 7.05. The maximum absolute atomic E-state index is 12.4. The predicted octanol–water partition coefficient (Wildman–Crippen LogP) is 1.05. The van der Waals surface area contributed by atoms with E-state index in [1.807, 2.05) is 36.4 Å². The van der Waals surface area contributed by atoms with Crippen LogP contribution in [0.3, 0.4) is 0 Å². The SMILES string of the molecule is O=C1NCC(c2cccnc2)C1C(=O)NNc1ccccc1. The second-order valence-corrected chi connectivity index (χ2v) is 5.10. The summed E-state index contributed by atoms with van der Waals surface area (Å²) in [7, 11) is 0. The molecule has 1 aromatic carbocycles. The first-order valence-corrected chi connectivity index (χ1v) is 7.04. The number of hydrazine groups is 1. The molecule has 0 saturated carbocycles. The number of carbonyl (C=O) groups is 2. The van der Waals surface area contributed by atoms with E-state index in [0.717, 1.165) is 11.3 Å². The van der Waals surface area contributed by atoms with Crippen molar-refractivity contribution < 1.29 is 9.59 Å². The van der Waals surface area contributed by atoms with Crippen molar-refractivity contribution >= 4 is 17.5 Å². The maximum atomic E-state index is 12.4. The van der Waals surface area contributed by atoms with Gasteiger partial charge in [-0.05, 0) is 23.8 Å². The van der Waals surface area contributed by atoms with Crippen LogP contribution in [0.5, 0.6) is 0 Å². The zero-order valence-corrected chi connectivity index (χ0v) is 11.8. The van der Waals surface area contributed by atoms with Crippen molar-refractivity contribution in [2.75, 3.05) is 12.0 Å². The van der Waals surface area contributed by atoms with Gasteiger partial charge in [-0.3, -0.25) is 25.4 Å². The first kappa shape index (κ1) is 14.1. The third-order valence-electron chi connectivity index (χ3n) is 3.68. The minimum absolute atomic E-state index is 0.209. The van der Waals surface area contributed by atoms with Crippen LogP contribution in [-0.4, -0.2) is 23.3 Å². The van der Waals surface area contributed by atoms with E-state index in [9.17, 15) is 9.59 Å². The number of pyridine rings is 1.